The fourth-order valence-corrected chi connectivity index (χ4v) is 5.62. The lowest BCUT2D eigenvalue weighted by Gasteiger charge is -2.45. The van der Waals surface area contributed by atoms with Gasteiger partial charge in [-0.2, -0.15) is 0 Å². The number of carbonyl (C=O) groups excluding carboxylic acids is 3. The van der Waals surface area contributed by atoms with Crippen LogP contribution in [0.1, 0.15) is 26.2 Å². The molecule has 7 heteroatoms. The molecular formula is C23H25NO6. The first-order valence-electron chi connectivity index (χ1n) is 10.7. The van der Waals surface area contributed by atoms with E-state index in [0.29, 0.717) is 25.3 Å². The van der Waals surface area contributed by atoms with Crippen molar-refractivity contribution in [1.82, 2.24) is 0 Å². The number of ether oxygens (including phenoxy) is 3. The van der Waals surface area contributed by atoms with Crippen molar-refractivity contribution in [3.8, 4) is 0 Å². The Kier molecular flexibility index (Phi) is 4.75. The minimum atomic E-state index is -0.887. The molecule has 2 saturated heterocycles. The summed E-state index contributed by atoms with van der Waals surface area (Å²) in [5.74, 6) is -4.34. The summed E-state index contributed by atoms with van der Waals surface area (Å²) in [6.45, 7) is 2.90. The van der Waals surface area contributed by atoms with E-state index in [9.17, 15) is 14.4 Å². The first-order valence-corrected chi connectivity index (χ1v) is 10.7. The zero-order chi connectivity index (χ0) is 20.9. The van der Waals surface area contributed by atoms with Gasteiger partial charge in [-0.15, -0.1) is 0 Å². The summed E-state index contributed by atoms with van der Waals surface area (Å²) < 4.78 is 17.3. The van der Waals surface area contributed by atoms with Crippen LogP contribution in [-0.2, 0) is 28.6 Å². The molecule has 2 heterocycles. The Labute approximate surface area is 175 Å². The predicted octanol–water partition coefficient (Wildman–Crippen LogP) is 2.45. The van der Waals surface area contributed by atoms with Crippen molar-refractivity contribution < 1.29 is 28.6 Å². The van der Waals surface area contributed by atoms with Gasteiger partial charge in [0.25, 0.3) is 0 Å². The summed E-state index contributed by atoms with van der Waals surface area (Å²) >= 11 is 0. The van der Waals surface area contributed by atoms with Gasteiger partial charge in [-0.3, -0.25) is 19.3 Å². The number of amides is 2. The third-order valence-electron chi connectivity index (χ3n) is 6.76. The molecule has 4 aliphatic rings. The Balaban J connectivity index is 1.61. The molecule has 2 aliphatic heterocycles. The van der Waals surface area contributed by atoms with Gasteiger partial charge >= 0.3 is 5.97 Å². The van der Waals surface area contributed by atoms with Crippen molar-refractivity contribution in [3.05, 3.63) is 42.0 Å². The van der Waals surface area contributed by atoms with Crippen LogP contribution < -0.4 is 4.90 Å². The number of para-hydroxylation sites is 1. The number of rotatable bonds is 3. The third-order valence-corrected chi connectivity index (χ3v) is 6.76. The quantitative estimate of drug-likeness (QED) is 0.432. The van der Waals surface area contributed by atoms with Crippen molar-refractivity contribution in [2.45, 2.75) is 32.0 Å². The number of nitrogens with zero attached hydrogens (tertiary/aromatic N) is 1. The normalized spacial score (nSPS) is 32.0. The molecule has 2 aliphatic carbocycles. The number of fused-ring (bicyclic) bond motifs is 4. The summed E-state index contributed by atoms with van der Waals surface area (Å²) in [5.41, 5.74) is 1.37. The summed E-state index contributed by atoms with van der Waals surface area (Å²) in [6, 6.07) is 8.90. The number of benzene rings is 1. The molecule has 2 amide bonds. The summed E-state index contributed by atoms with van der Waals surface area (Å²) in [6.07, 6.45) is 4.10. The van der Waals surface area contributed by atoms with Gasteiger partial charge in [0.2, 0.25) is 11.8 Å². The van der Waals surface area contributed by atoms with E-state index in [0.717, 1.165) is 18.4 Å². The van der Waals surface area contributed by atoms with Gasteiger partial charge in [0.05, 0.1) is 43.3 Å². The maximum absolute atomic E-state index is 13.6. The number of imide groups is 1. The maximum atomic E-state index is 13.6. The highest BCUT2D eigenvalue weighted by Crippen LogP contribution is 2.55. The number of hydrogen-bond donors (Lipinski definition) is 0. The zero-order valence-corrected chi connectivity index (χ0v) is 16.9. The van der Waals surface area contributed by atoms with E-state index < -0.39 is 29.5 Å². The van der Waals surface area contributed by atoms with Crippen molar-refractivity contribution >= 4 is 23.5 Å². The maximum Gasteiger partial charge on any atom is 0.313 e. The number of anilines is 1. The first kappa shape index (κ1) is 19.5. The largest absolute Gasteiger partial charge is 0.466 e. The Morgan fingerprint density at radius 2 is 1.83 bits per heavy atom. The second kappa shape index (κ2) is 7.32. The molecule has 0 aromatic heterocycles. The molecule has 0 N–H and O–H groups in total. The van der Waals surface area contributed by atoms with E-state index in [1.54, 1.807) is 31.2 Å². The Morgan fingerprint density at radius 1 is 1.13 bits per heavy atom. The van der Waals surface area contributed by atoms with Crippen molar-refractivity contribution in [2.24, 2.45) is 23.7 Å². The Morgan fingerprint density at radius 3 is 2.53 bits per heavy atom. The lowest BCUT2D eigenvalue weighted by molar-refractivity contribution is -0.161. The van der Waals surface area contributed by atoms with Crippen molar-refractivity contribution in [3.63, 3.8) is 0 Å². The molecule has 4 atom stereocenters. The average molecular weight is 411 g/mol. The van der Waals surface area contributed by atoms with Crippen LogP contribution in [0.25, 0.3) is 0 Å². The summed E-state index contributed by atoms with van der Waals surface area (Å²) in [7, 11) is 0. The Hall–Kier alpha value is -2.51. The second-order valence-electron chi connectivity index (χ2n) is 8.25. The molecule has 3 fully saturated rings. The predicted molar refractivity (Wildman–Crippen MR) is 106 cm³/mol. The van der Waals surface area contributed by atoms with Gasteiger partial charge in [0.1, 0.15) is 0 Å². The van der Waals surface area contributed by atoms with Crippen LogP contribution >= 0.6 is 0 Å². The van der Waals surface area contributed by atoms with E-state index in [2.05, 4.69) is 0 Å². The van der Waals surface area contributed by atoms with Gasteiger partial charge in [-0.25, -0.2) is 0 Å². The molecule has 158 valence electrons. The van der Waals surface area contributed by atoms with Gasteiger partial charge < -0.3 is 14.2 Å². The minimum Gasteiger partial charge on any atom is -0.466 e. The Bertz CT molecular complexity index is 904. The van der Waals surface area contributed by atoms with Crippen molar-refractivity contribution in [1.29, 1.82) is 0 Å². The lowest BCUT2D eigenvalue weighted by Crippen LogP contribution is -2.49. The SMILES string of the molecule is CCOC(=O)[C@@H]1C=C2[C@H](CCCC23OCCO3)[C@H]2C(=O)N(c3ccccc3)C(=O)[C@H]21. The average Bonchev–Trinajstić information content (AvgIpc) is 3.32. The standard InChI is InChI=1S/C23H25NO6/c1-2-28-22(27)16-13-17-15(9-6-10-23(17)29-11-12-30-23)18-19(16)21(26)24(20(18)25)14-7-4-3-5-8-14/h3-5,7-8,13,15-16,18-19H,2,6,9-12H2,1H3/t15-,16+,18+,19-/m0/s1. The van der Waals surface area contributed by atoms with Crippen LogP contribution in [0.3, 0.4) is 0 Å². The van der Waals surface area contributed by atoms with Crippen LogP contribution in [0.4, 0.5) is 5.69 Å². The van der Waals surface area contributed by atoms with Crippen LogP contribution in [-0.4, -0.2) is 43.4 Å². The highest BCUT2D eigenvalue weighted by molar-refractivity contribution is 6.23. The van der Waals surface area contributed by atoms with Gasteiger partial charge in [-0.1, -0.05) is 24.3 Å². The van der Waals surface area contributed by atoms with Crippen LogP contribution in [0.2, 0.25) is 0 Å². The topological polar surface area (TPSA) is 82.1 Å². The molecule has 1 aromatic rings. The molecule has 1 saturated carbocycles. The molecule has 1 spiro atoms. The number of hydrogen-bond acceptors (Lipinski definition) is 6. The van der Waals surface area contributed by atoms with Gasteiger partial charge in [-0.05, 0) is 43.4 Å². The first-order chi connectivity index (χ1) is 14.6. The minimum absolute atomic E-state index is 0.183. The third kappa shape index (κ3) is 2.76. The second-order valence-corrected chi connectivity index (χ2v) is 8.25. The lowest BCUT2D eigenvalue weighted by atomic mass is 9.62. The molecule has 1 aromatic carbocycles. The molecule has 0 bridgehead atoms. The molecule has 5 rings (SSSR count). The van der Waals surface area contributed by atoms with E-state index in [4.69, 9.17) is 14.2 Å². The summed E-state index contributed by atoms with van der Waals surface area (Å²) in [5, 5.41) is 0. The van der Waals surface area contributed by atoms with E-state index in [1.165, 1.54) is 4.90 Å². The number of esters is 1. The van der Waals surface area contributed by atoms with Crippen LogP contribution in [0, 0.1) is 23.7 Å². The zero-order valence-electron chi connectivity index (χ0n) is 16.9. The smallest absolute Gasteiger partial charge is 0.313 e. The monoisotopic (exact) mass is 411 g/mol. The fraction of sp³-hybridized carbons (Fsp3) is 0.522. The molecule has 7 nitrogen and oxygen atoms in total. The number of carbonyl (C=O) groups is 3. The fourth-order valence-electron chi connectivity index (χ4n) is 5.62. The molecule has 0 radical (unpaired) electrons. The van der Waals surface area contributed by atoms with Crippen LogP contribution in [0.15, 0.2) is 42.0 Å². The van der Waals surface area contributed by atoms with Gasteiger partial charge in [0, 0.05) is 6.42 Å². The van der Waals surface area contributed by atoms with E-state index in [-0.39, 0.29) is 24.3 Å². The van der Waals surface area contributed by atoms with Crippen LogP contribution in [0.5, 0.6) is 0 Å². The molecule has 30 heavy (non-hydrogen) atoms. The highest BCUT2D eigenvalue weighted by atomic mass is 16.7. The highest BCUT2D eigenvalue weighted by Gasteiger charge is 2.62. The van der Waals surface area contributed by atoms with E-state index in [1.807, 2.05) is 12.1 Å². The molecular weight excluding hydrogens is 386 g/mol. The molecule has 0 unspecified atom stereocenters. The van der Waals surface area contributed by atoms with Crippen molar-refractivity contribution in [2.75, 3.05) is 24.7 Å². The summed E-state index contributed by atoms with van der Waals surface area (Å²) in [4.78, 5) is 41.2. The van der Waals surface area contributed by atoms with Gasteiger partial charge in [0.15, 0.2) is 5.79 Å². The van der Waals surface area contributed by atoms with E-state index >= 15 is 0 Å².